The van der Waals surface area contributed by atoms with E-state index in [0.717, 1.165) is 27.7 Å². The number of nitrogens with one attached hydrogen (secondary N) is 1. The van der Waals surface area contributed by atoms with Gasteiger partial charge in [0.15, 0.2) is 0 Å². The largest absolute Gasteiger partial charge is 0.450 e. The van der Waals surface area contributed by atoms with E-state index < -0.39 is 0 Å². The summed E-state index contributed by atoms with van der Waals surface area (Å²) in [6, 6.07) is 16.2. The predicted molar refractivity (Wildman–Crippen MR) is 102 cm³/mol. The fraction of sp³-hybridized carbons (Fsp3) is 0.250. The quantitative estimate of drug-likeness (QED) is 0.657. The van der Waals surface area contributed by atoms with Gasteiger partial charge in [-0.15, -0.1) is 0 Å². The highest BCUT2D eigenvalue weighted by Crippen LogP contribution is 2.39. The highest BCUT2D eigenvalue weighted by atomic mass is 79.9. The Kier molecular flexibility index (Phi) is 4.25. The minimum Gasteiger partial charge on any atom is -0.450 e. The van der Waals surface area contributed by atoms with E-state index in [1.807, 2.05) is 36.1 Å². The minimum absolute atomic E-state index is 0.157. The zero-order valence-electron chi connectivity index (χ0n) is 14.0. The third-order valence-corrected chi connectivity index (χ3v) is 5.20. The van der Waals surface area contributed by atoms with Crippen LogP contribution in [0.1, 0.15) is 29.8 Å². The van der Waals surface area contributed by atoms with Gasteiger partial charge in [0, 0.05) is 27.6 Å². The van der Waals surface area contributed by atoms with Gasteiger partial charge in [-0.1, -0.05) is 46.3 Å². The number of hydrogen-bond acceptors (Lipinski definition) is 2. The van der Waals surface area contributed by atoms with Crippen molar-refractivity contribution in [3.05, 3.63) is 69.8 Å². The van der Waals surface area contributed by atoms with Crippen LogP contribution in [0.2, 0.25) is 0 Å². The summed E-state index contributed by atoms with van der Waals surface area (Å²) in [6.45, 7) is 2.86. The van der Waals surface area contributed by atoms with Crippen molar-refractivity contribution < 1.29 is 9.53 Å². The smallest absolute Gasteiger partial charge is 0.410 e. The fourth-order valence-electron chi connectivity index (χ4n) is 3.65. The van der Waals surface area contributed by atoms with Gasteiger partial charge in [-0.05, 0) is 42.7 Å². The molecule has 0 radical (unpaired) electrons. The second-order valence-corrected chi connectivity index (χ2v) is 7.08. The predicted octanol–water partition coefficient (Wildman–Crippen LogP) is 5.03. The third-order valence-electron chi connectivity index (χ3n) is 4.71. The number of amides is 1. The molecule has 0 spiro atoms. The minimum atomic E-state index is -0.262. The Bertz CT molecular complexity index is 920. The van der Waals surface area contributed by atoms with E-state index in [0.29, 0.717) is 13.2 Å². The first-order valence-electron chi connectivity index (χ1n) is 8.47. The molecule has 4 nitrogen and oxygen atoms in total. The summed E-state index contributed by atoms with van der Waals surface area (Å²) >= 11 is 3.56. The second kappa shape index (κ2) is 6.56. The normalized spacial score (nSPS) is 16.7. The van der Waals surface area contributed by atoms with Crippen molar-refractivity contribution in [2.45, 2.75) is 19.4 Å². The first-order valence-corrected chi connectivity index (χ1v) is 9.26. The molecule has 5 heteroatoms. The molecule has 1 atom stereocenters. The summed E-state index contributed by atoms with van der Waals surface area (Å²) < 4.78 is 6.37. The summed E-state index contributed by atoms with van der Waals surface area (Å²) in [5.74, 6) is 0. The highest BCUT2D eigenvalue weighted by molar-refractivity contribution is 9.10. The number of carbonyl (C=O) groups excluding carboxylic acids is 1. The highest BCUT2D eigenvalue weighted by Gasteiger charge is 2.35. The lowest BCUT2D eigenvalue weighted by molar-refractivity contribution is 0.0932. The molecule has 2 aromatic carbocycles. The van der Waals surface area contributed by atoms with E-state index in [2.05, 4.69) is 45.2 Å². The molecule has 1 aliphatic rings. The van der Waals surface area contributed by atoms with E-state index in [4.69, 9.17) is 4.74 Å². The van der Waals surface area contributed by atoms with Crippen molar-refractivity contribution in [2.24, 2.45) is 0 Å². The number of carbonyl (C=O) groups is 1. The number of aromatic amines is 1. The van der Waals surface area contributed by atoms with Crippen LogP contribution in [0, 0.1) is 0 Å². The van der Waals surface area contributed by atoms with Gasteiger partial charge in [-0.3, -0.25) is 4.90 Å². The Balaban J connectivity index is 1.88. The van der Waals surface area contributed by atoms with Crippen LogP contribution in [-0.2, 0) is 11.2 Å². The summed E-state index contributed by atoms with van der Waals surface area (Å²) in [5.41, 5.74) is 4.55. The third kappa shape index (κ3) is 2.82. The average Bonchev–Trinajstić information content (AvgIpc) is 2.99. The standard InChI is InChI=1S/C20H19BrN2O2/c1-2-25-20(24)23-11-10-15-16-12-14(21)8-9-17(16)22-18(15)19(23)13-6-4-3-5-7-13/h3-9,12,19,22H,2,10-11H2,1H3. The van der Waals surface area contributed by atoms with E-state index in [-0.39, 0.29) is 12.1 Å². The topological polar surface area (TPSA) is 45.3 Å². The number of ether oxygens (including phenoxy) is 1. The number of benzene rings is 2. The number of halogens is 1. The summed E-state index contributed by atoms with van der Waals surface area (Å²) in [5, 5.41) is 1.22. The molecule has 25 heavy (non-hydrogen) atoms. The first-order chi connectivity index (χ1) is 12.2. The monoisotopic (exact) mass is 398 g/mol. The van der Waals surface area contributed by atoms with Gasteiger partial charge in [-0.25, -0.2) is 4.79 Å². The van der Waals surface area contributed by atoms with Crippen LogP contribution < -0.4 is 0 Å². The maximum atomic E-state index is 12.5. The molecule has 3 aromatic rings. The van der Waals surface area contributed by atoms with Crippen LogP contribution in [0.5, 0.6) is 0 Å². The zero-order chi connectivity index (χ0) is 17.4. The van der Waals surface area contributed by atoms with Gasteiger partial charge in [-0.2, -0.15) is 0 Å². The van der Waals surface area contributed by atoms with Gasteiger partial charge in [0.25, 0.3) is 0 Å². The maximum Gasteiger partial charge on any atom is 0.410 e. The lowest BCUT2D eigenvalue weighted by Crippen LogP contribution is -2.40. The van der Waals surface area contributed by atoms with E-state index in [1.54, 1.807) is 0 Å². The van der Waals surface area contributed by atoms with Crippen molar-refractivity contribution in [3.8, 4) is 0 Å². The number of hydrogen-bond donors (Lipinski definition) is 1. The molecule has 0 fully saturated rings. The Labute approximate surface area is 154 Å². The Morgan fingerprint density at radius 2 is 2.08 bits per heavy atom. The van der Waals surface area contributed by atoms with Gasteiger partial charge in [0.05, 0.1) is 6.61 Å². The molecule has 128 valence electrons. The van der Waals surface area contributed by atoms with Crippen LogP contribution >= 0.6 is 15.9 Å². The van der Waals surface area contributed by atoms with Gasteiger partial charge in [0.1, 0.15) is 6.04 Å². The molecular weight excluding hydrogens is 380 g/mol. The fourth-order valence-corrected chi connectivity index (χ4v) is 4.01. The van der Waals surface area contributed by atoms with Crippen LogP contribution in [-0.4, -0.2) is 29.1 Å². The van der Waals surface area contributed by atoms with Gasteiger partial charge < -0.3 is 9.72 Å². The van der Waals surface area contributed by atoms with Gasteiger partial charge in [0.2, 0.25) is 0 Å². The molecule has 0 saturated carbocycles. The Hall–Kier alpha value is -2.27. The SMILES string of the molecule is CCOC(=O)N1CCc2c([nH]c3ccc(Br)cc23)C1c1ccccc1. The van der Waals surface area contributed by atoms with Crippen LogP contribution in [0.25, 0.3) is 10.9 Å². The number of nitrogens with zero attached hydrogens (tertiary/aromatic N) is 1. The number of aromatic nitrogens is 1. The molecule has 1 amide bonds. The average molecular weight is 399 g/mol. The number of H-pyrrole nitrogens is 1. The van der Waals surface area contributed by atoms with Crippen molar-refractivity contribution >= 4 is 32.9 Å². The lowest BCUT2D eigenvalue weighted by Gasteiger charge is -2.35. The first kappa shape index (κ1) is 16.2. The Morgan fingerprint density at radius 1 is 1.28 bits per heavy atom. The van der Waals surface area contributed by atoms with E-state index >= 15 is 0 Å². The van der Waals surface area contributed by atoms with Crippen molar-refractivity contribution in [1.29, 1.82) is 0 Å². The summed E-state index contributed by atoms with van der Waals surface area (Å²) in [7, 11) is 0. The second-order valence-electron chi connectivity index (χ2n) is 6.16. The summed E-state index contributed by atoms with van der Waals surface area (Å²) in [6.07, 6.45) is 0.551. The molecular formula is C20H19BrN2O2. The van der Waals surface area contributed by atoms with Crippen molar-refractivity contribution in [2.75, 3.05) is 13.2 Å². The molecule has 1 unspecified atom stereocenters. The number of rotatable bonds is 2. The van der Waals surface area contributed by atoms with Gasteiger partial charge >= 0.3 is 6.09 Å². The van der Waals surface area contributed by atoms with Crippen LogP contribution in [0.3, 0.4) is 0 Å². The number of fused-ring (bicyclic) bond motifs is 3. The van der Waals surface area contributed by atoms with E-state index in [1.165, 1.54) is 10.9 Å². The summed E-state index contributed by atoms with van der Waals surface area (Å²) in [4.78, 5) is 17.9. The molecule has 0 saturated heterocycles. The molecule has 0 aliphatic carbocycles. The van der Waals surface area contributed by atoms with Crippen molar-refractivity contribution in [1.82, 2.24) is 9.88 Å². The lowest BCUT2D eigenvalue weighted by atomic mass is 9.93. The molecule has 4 rings (SSSR count). The maximum absolute atomic E-state index is 12.5. The van der Waals surface area contributed by atoms with E-state index in [9.17, 15) is 4.79 Å². The van der Waals surface area contributed by atoms with Crippen LogP contribution in [0.15, 0.2) is 53.0 Å². The zero-order valence-corrected chi connectivity index (χ0v) is 15.5. The van der Waals surface area contributed by atoms with Crippen molar-refractivity contribution in [3.63, 3.8) is 0 Å². The molecule has 1 N–H and O–H groups in total. The molecule has 2 heterocycles. The Morgan fingerprint density at radius 3 is 2.84 bits per heavy atom. The molecule has 0 bridgehead atoms. The molecule has 1 aromatic heterocycles. The molecule has 1 aliphatic heterocycles. The van der Waals surface area contributed by atoms with Crippen LogP contribution in [0.4, 0.5) is 4.79 Å².